The first-order valence-electron chi connectivity index (χ1n) is 11.4. The summed E-state index contributed by atoms with van der Waals surface area (Å²) < 4.78 is 28.7. The minimum Gasteiger partial charge on any atom is -0.357 e. The van der Waals surface area contributed by atoms with Crippen molar-refractivity contribution in [1.29, 1.82) is 0 Å². The fourth-order valence-corrected chi connectivity index (χ4v) is 5.42. The summed E-state index contributed by atoms with van der Waals surface area (Å²) in [5.41, 5.74) is 2.73. The average molecular weight is 528 g/mol. The molecule has 0 aliphatic rings. The summed E-state index contributed by atoms with van der Waals surface area (Å²) in [6.07, 6.45) is 0. The zero-order valence-corrected chi connectivity index (χ0v) is 22.3. The van der Waals surface area contributed by atoms with Crippen LogP contribution in [0.5, 0.6) is 0 Å². The Bertz CT molecular complexity index is 1330. The number of amides is 2. The first kappa shape index (κ1) is 27.2. The molecule has 0 unspecified atom stereocenters. The molecule has 0 aromatic heterocycles. The summed E-state index contributed by atoms with van der Waals surface area (Å²) >= 11 is 6.00. The topological polar surface area (TPSA) is 86.8 Å². The van der Waals surface area contributed by atoms with Crippen LogP contribution in [0.25, 0.3) is 0 Å². The molecule has 0 saturated carbocycles. The second-order valence-corrected chi connectivity index (χ2v) is 10.9. The van der Waals surface area contributed by atoms with Crippen LogP contribution in [0, 0.1) is 13.8 Å². The minimum absolute atomic E-state index is 0.0716. The molecule has 3 aromatic rings. The zero-order valence-electron chi connectivity index (χ0n) is 20.7. The van der Waals surface area contributed by atoms with Crippen LogP contribution in [0.15, 0.2) is 77.7 Å². The van der Waals surface area contributed by atoms with Crippen molar-refractivity contribution in [2.75, 3.05) is 17.9 Å². The minimum atomic E-state index is -4.08. The Morgan fingerprint density at radius 3 is 2.22 bits per heavy atom. The lowest BCUT2D eigenvalue weighted by Gasteiger charge is -2.32. The Labute approximate surface area is 217 Å². The van der Waals surface area contributed by atoms with E-state index in [1.165, 1.54) is 24.1 Å². The molecular weight excluding hydrogens is 498 g/mol. The first-order chi connectivity index (χ1) is 17.0. The van der Waals surface area contributed by atoms with Crippen LogP contribution >= 0.6 is 11.6 Å². The van der Waals surface area contributed by atoms with Gasteiger partial charge in [-0.1, -0.05) is 54.1 Å². The fraction of sp³-hybridized carbons (Fsp3) is 0.259. The van der Waals surface area contributed by atoms with E-state index < -0.39 is 28.5 Å². The number of carbonyl (C=O) groups excluding carboxylic acids is 2. The van der Waals surface area contributed by atoms with Gasteiger partial charge in [0.1, 0.15) is 12.6 Å². The van der Waals surface area contributed by atoms with E-state index in [1.54, 1.807) is 62.4 Å². The molecule has 0 spiro atoms. The number of carbonyl (C=O) groups is 2. The molecule has 190 valence electrons. The van der Waals surface area contributed by atoms with Gasteiger partial charge in [-0.2, -0.15) is 0 Å². The number of hydrogen-bond acceptors (Lipinski definition) is 4. The number of rotatable bonds is 9. The number of anilines is 1. The van der Waals surface area contributed by atoms with Gasteiger partial charge in [0.25, 0.3) is 10.0 Å². The molecule has 0 radical (unpaired) electrons. The maximum Gasteiger partial charge on any atom is 0.264 e. The molecule has 36 heavy (non-hydrogen) atoms. The van der Waals surface area contributed by atoms with Crippen LogP contribution in [0.3, 0.4) is 0 Å². The third-order valence-corrected chi connectivity index (χ3v) is 7.95. The van der Waals surface area contributed by atoms with Gasteiger partial charge in [0.2, 0.25) is 11.8 Å². The molecule has 0 heterocycles. The Morgan fingerprint density at radius 2 is 1.61 bits per heavy atom. The van der Waals surface area contributed by atoms with Gasteiger partial charge in [0.15, 0.2) is 0 Å². The van der Waals surface area contributed by atoms with E-state index in [9.17, 15) is 18.0 Å². The Kier molecular flexibility index (Phi) is 8.76. The monoisotopic (exact) mass is 527 g/mol. The lowest BCUT2D eigenvalue weighted by Crippen LogP contribution is -2.50. The summed E-state index contributed by atoms with van der Waals surface area (Å²) in [5, 5.41) is 3.11. The van der Waals surface area contributed by atoms with Crippen LogP contribution in [-0.4, -0.2) is 44.8 Å². The van der Waals surface area contributed by atoms with Crippen LogP contribution in [0.4, 0.5) is 5.69 Å². The normalized spacial score (nSPS) is 12.0. The van der Waals surface area contributed by atoms with Crippen molar-refractivity contribution < 1.29 is 18.0 Å². The number of sulfonamides is 1. The number of nitrogens with zero attached hydrogens (tertiary/aromatic N) is 2. The van der Waals surface area contributed by atoms with Crippen molar-refractivity contribution in [2.45, 2.75) is 38.3 Å². The van der Waals surface area contributed by atoms with E-state index >= 15 is 0 Å². The smallest absolute Gasteiger partial charge is 0.264 e. The SMILES string of the molecule is CNC(=O)[C@H](C)N(Cc1ccc(Cl)cc1)C(=O)CN(c1cc(C)ccc1C)S(=O)(=O)c1ccccc1. The summed E-state index contributed by atoms with van der Waals surface area (Å²) in [7, 11) is -2.59. The molecule has 1 atom stereocenters. The molecule has 3 rings (SSSR count). The lowest BCUT2D eigenvalue weighted by molar-refractivity contribution is -0.139. The largest absolute Gasteiger partial charge is 0.357 e. The fourth-order valence-electron chi connectivity index (χ4n) is 3.80. The average Bonchev–Trinajstić information content (AvgIpc) is 2.87. The zero-order chi connectivity index (χ0) is 26.5. The van der Waals surface area contributed by atoms with Gasteiger partial charge in [0, 0.05) is 18.6 Å². The van der Waals surface area contributed by atoms with E-state index in [0.717, 1.165) is 15.4 Å². The molecule has 0 bridgehead atoms. The third kappa shape index (κ3) is 6.25. The van der Waals surface area contributed by atoms with E-state index in [-0.39, 0.29) is 17.3 Å². The molecule has 1 N–H and O–H groups in total. The molecule has 0 aliphatic heterocycles. The molecular formula is C27H30ClN3O4S. The summed E-state index contributed by atoms with van der Waals surface area (Å²) in [5.74, 6) is -0.872. The van der Waals surface area contributed by atoms with Gasteiger partial charge >= 0.3 is 0 Å². The molecule has 2 amide bonds. The molecule has 0 saturated heterocycles. The van der Waals surface area contributed by atoms with Crippen LogP contribution < -0.4 is 9.62 Å². The Balaban J connectivity index is 2.06. The summed E-state index contributed by atoms with van der Waals surface area (Å²) in [4.78, 5) is 27.7. The molecule has 9 heteroatoms. The highest BCUT2D eigenvalue weighted by Crippen LogP contribution is 2.28. The molecule has 0 fully saturated rings. The van der Waals surface area contributed by atoms with Gasteiger partial charge in [-0.05, 0) is 67.8 Å². The number of halogens is 1. The number of likely N-dealkylation sites (N-methyl/N-ethyl adjacent to an activating group) is 1. The van der Waals surface area contributed by atoms with Crippen LogP contribution in [0.1, 0.15) is 23.6 Å². The van der Waals surface area contributed by atoms with Gasteiger partial charge in [-0.3, -0.25) is 13.9 Å². The quantitative estimate of drug-likeness (QED) is 0.449. The summed E-state index contributed by atoms with van der Waals surface area (Å²) in [6.45, 7) is 4.90. The maximum atomic E-state index is 13.8. The molecule has 7 nitrogen and oxygen atoms in total. The highest BCUT2D eigenvalue weighted by molar-refractivity contribution is 7.92. The van der Waals surface area contributed by atoms with Gasteiger partial charge < -0.3 is 10.2 Å². The van der Waals surface area contributed by atoms with Crippen LogP contribution in [-0.2, 0) is 26.2 Å². The molecule has 0 aliphatic carbocycles. The third-order valence-electron chi connectivity index (χ3n) is 5.92. The van der Waals surface area contributed by atoms with Crippen molar-refractivity contribution in [1.82, 2.24) is 10.2 Å². The molecule has 3 aromatic carbocycles. The number of hydrogen-bond donors (Lipinski definition) is 1. The van der Waals surface area contributed by atoms with E-state index in [4.69, 9.17) is 11.6 Å². The van der Waals surface area contributed by atoms with Gasteiger partial charge in [-0.15, -0.1) is 0 Å². The van der Waals surface area contributed by atoms with E-state index in [1.807, 2.05) is 19.1 Å². The second-order valence-electron chi connectivity index (χ2n) is 8.55. The number of nitrogens with one attached hydrogen (secondary N) is 1. The highest BCUT2D eigenvalue weighted by Gasteiger charge is 2.32. The van der Waals surface area contributed by atoms with Crippen molar-refractivity contribution >= 4 is 39.1 Å². The Hall–Kier alpha value is -3.36. The van der Waals surface area contributed by atoms with Gasteiger partial charge in [-0.25, -0.2) is 8.42 Å². The first-order valence-corrected chi connectivity index (χ1v) is 13.3. The van der Waals surface area contributed by atoms with E-state index in [0.29, 0.717) is 16.3 Å². The lowest BCUT2D eigenvalue weighted by atomic mass is 10.1. The Morgan fingerprint density at radius 1 is 0.972 bits per heavy atom. The maximum absolute atomic E-state index is 13.8. The van der Waals surface area contributed by atoms with Crippen LogP contribution in [0.2, 0.25) is 5.02 Å². The van der Waals surface area contributed by atoms with Crippen molar-refractivity contribution in [3.05, 3.63) is 94.5 Å². The number of aryl methyl sites for hydroxylation is 2. The second kappa shape index (κ2) is 11.6. The van der Waals surface area contributed by atoms with Crippen molar-refractivity contribution in [3.63, 3.8) is 0 Å². The van der Waals surface area contributed by atoms with Crippen molar-refractivity contribution in [2.24, 2.45) is 0 Å². The van der Waals surface area contributed by atoms with Crippen molar-refractivity contribution in [3.8, 4) is 0 Å². The highest BCUT2D eigenvalue weighted by atomic mass is 35.5. The van der Waals surface area contributed by atoms with Gasteiger partial charge in [0.05, 0.1) is 10.6 Å². The van der Waals surface area contributed by atoms with E-state index in [2.05, 4.69) is 5.32 Å². The predicted molar refractivity (Wildman–Crippen MR) is 142 cm³/mol. The summed E-state index contributed by atoms with van der Waals surface area (Å²) in [6, 6.07) is 19.5. The standard InChI is InChI=1S/C27H30ClN3O4S/c1-19-10-11-20(2)25(16-19)31(36(34,35)24-8-6-5-7-9-24)18-26(32)30(21(3)27(33)29-4)17-22-12-14-23(28)15-13-22/h5-16,21H,17-18H2,1-4H3,(H,29,33)/t21-/m0/s1. The predicted octanol–water partition coefficient (Wildman–Crippen LogP) is 4.32. The number of benzene rings is 3.